The fraction of sp³-hybridized carbons (Fsp3) is 0.304. The molecule has 0 atom stereocenters. The van der Waals surface area contributed by atoms with E-state index in [0.717, 1.165) is 41.8 Å². The smallest absolute Gasteiger partial charge is 0.265 e. The zero-order valence-corrected chi connectivity index (χ0v) is 17.6. The molecule has 150 valence electrons. The Morgan fingerprint density at radius 2 is 1.83 bits per heavy atom. The molecule has 1 fully saturated rings. The summed E-state index contributed by atoms with van der Waals surface area (Å²) in [6.45, 7) is 0.0206. The Morgan fingerprint density at radius 1 is 1.10 bits per heavy atom. The van der Waals surface area contributed by atoms with Gasteiger partial charge in [0.05, 0.1) is 10.6 Å². The number of amides is 2. The van der Waals surface area contributed by atoms with Gasteiger partial charge in [0.1, 0.15) is 6.54 Å². The van der Waals surface area contributed by atoms with Crippen LogP contribution in [0.1, 0.15) is 37.7 Å². The van der Waals surface area contributed by atoms with Gasteiger partial charge in [-0.2, -0.15) is 0 Å². The van der Waals surface area contributed by atoms with Crippen LogP contribution >= 0.6 is 23.4 Å². The van der Waals surface area contributed by atoms with Crippen LogP contribution in [0.4, 0.5) is 5.69 Å². The lowest BCUT2D eigenvalue weighted by molar-refractivity contribution is -0.123. The van der Waals surface area contributed by atoms with E-state index in [2.05, 4.69) is 5.32 Å². The molecule has 4 nitrogen and oxygen atoms in total. The predicted octanol–water partition coefficient (Wildman–Crippen LogP) is 5.27. The van der Waals surface area contributed by atoms with Gasteiger partial charge in [0.25, 0.3) is 5.91 Å². The van der Waals surface area contributed by atoms with Crippen molar-refractivity contribution in [2.45, 2.75) is 43.0 Å². The van der Waals surface area contributed by atoms with Crippen molar-refractivity contribution in [2.24, 2.45) is 0 Å². The van der Waals surface area contributed by atoms with Crippen molar-refractivity contribution in [3.05, 3.63) is 64.0 Å². The molecule has 0 bridgehead atoms. The van der Waals surface area contributed by atoms with Gasteiger partial charge in [0, 0.05) is 16.0 Å². The molecule has 6 heteroatoms. The molecule has 2 aromatic rings. The number of carbonyl (C=O) groups is 2. The van der Waals surface area contributed by atoms with Crippen LogP contribution in [-0.4, -0.2) is 24.4 Å². The number of para-hydroxylation sites is 1. The van der Waals surface area contributed by atoms with E-state index < -0.39 is 0 Å². The Kier molecular flexibility index (Phi) is 6.26. The Hall–Kier alpha value is -2.24. The van der Waals surface area contributed by atoms with Crippen LogP contribution in [0.15, 0.2) is 58.3 Å². The van der Waals surface area contributed by atoms with E-state index in [4.69, 9.17) is 11.6 Å². The van der Waals surface area contributed by atoms with Crippen molar-refractivity contribution in [2.75, 3.05) is 11.4 Å². The molecule has 1 saturated carbocycles. The van der Waals surface area contributed by atoms with Crippen LogP contribution in [0.25, 0.3) is 6.08 Å². The second-order valence-corrected chi connectivity index (χ2v) is 8.88. The number of nitrogens with one attached hydrogen (secondary N) is 1. The predicted molar refractivity (Wildman–Crippen MR) is 119 cm³/mol. The van der Waals surface area contributed by atoms with Crippen LogP contribution < -0.4 is 10.2 Å². The van der Waals surface area contributed by atoms with E-state index in [1.54, 1.807) is 17.0 Å². The summed E-state index contributed by atoms with van der Waals surface area (Å²) in [7, 11) is 0. The van der Waals surface area contributed by atoms with Crippen LogP contribution in [0, 0.1) is 0 Å². The normalized spacial score (nSPS) is 18.6. The number of halogens is 1. The summed E-state index contributed by atoms with van der Waals surface area (Å²) in [4.78, 5) is 29.0. The zero-order chi connectivity index (χ0) is 20.2. The number of nitrogens with zero attached hydrogens (tertiary/aromatic N) is 1. The molecule has 0 spiro atoms. The maximum Gasteiger partial charge on any atom is 0.265 e. The lowest BCUT2D eigenvalue weighted by Gasteiger charge is -2.31. The molecular weight excluding hydrogens is 404 g/mol. The third kappa shape index (κ3) is 4.68. The highest BCUT2D eigenvalue weighted by Gasteiger charge is 2.31. The number of carbonyl (C=O) groups excluding carboxylic acids is 2. The summed E-state index contributed by atoms with van der Waals surface area (Å²) in [5.74, 6) is -0.281. The van der Waals surface area contributed by atoms with Crippen molar-refractivity contribution >= 4 is 46.9 Å². The molecule has 1 heterocycles. The lowest BCUT2D eigenvalue weighted by atomic mass is 9.95. The first kappa shape index (κ1) is 20.0. The summed E-state index contributed by atoms with van der Waals surface area (Å²) in [6.07, 6.45) is 7.37. The van der Waals surface area contributed by atoms with Crippen molar-refractivity contribution in [1.82, 2.24) is 5.32 Å². The van der Waals surface area contributed by atoms with E-state index in [9.17, 15) is 9.59 Å². The van der Waals surface area contributed by atoms with Crippen LogP contribution in [0.2, 0.25) is 5.02 Å². The van der Waals surface area contributed by atoms with Crippen LogP contribution in [-0.2, 0) is 9.59 Å². The molecular formula is C23H23ClN2O2S. The maximum atomic E-state index is 13.2. The number of anilines is 1. The third-order valence-corrected chi connectivity index (χ3v) is 6.72. The number of fused-ring (bicyclic) bond motifs is 1. The standard InChI is InChI=1S/C23H23ClN2O2S/c24-18-11-5-4-8-16(18)14-21-23(28)26(19-12-6-7-13-20(19)29-21)15-22(27)25-17-9-2-1-3-10-17/h4-8,11-14,17H,1-3,9-10,15H2,(H,25,27). The van der Waals surface area contributed by atoms with Gasteiger partial charge >= 0.3 is 0 Å². The van der Waals surface area contributed by atoms with E-state index in [1.807, 2.05) is 42.5 Å². The fourth-order valence-corrected chi connectivity index (χ4v) is 5.06. The fourth-order valence-electron chi connectivity index (χ4n) is 3.82. The maximum absolute atomic E-state index is 13.2. The van der Waals surface area contributed by atoms with Crippen LogP contribution in [0.3, 0.4) is 0 Å². The number of rotatable bonds is 4. The van der Waals surface area contributed by atoms with Gasteiger partial charge in [-0.3, -0.25) is 14.5 Å². The summed E-state index contributed by atoms with van der Waals surface area (Å²) in [6, 6.07) is 15.3. The first-order valence-corrected chi connectivity index (χ1v) is 11.2. The summed E-state index contributed by atoms with van der Waals surface area (Å²) in [5.41, 5.74) is 1.56. The lowest BCUT2D eigenvalue weighted by Crippen LogP contribution is -2.46. The monoisotopic (exact) mass is 426 g/mol. The Bertz CT molecular complexity index is 953. The average molecular weight is 427 g/mol. The van der Waals surface area contributed by atoms with E-state index >= 15 is 0 Å². The van der Waals surface area contributed by atoms with Crippen molar-refractivity contribution < 1.29 is 9.59 Å². The first-order chi connectivity index (χ1) is 14.1. The second kappa shape index (κ2) is 9.06. The first-order valence-electron chi connectivity index (χ1n) is 9.96. The Labute approximate surface area is 180 Å². The minimum absolute atomic E-state index is 0.0206. The molecule has 2 amide bonds. The second-order valence-electron chi connectivity index (χ2n) is 7.39. The number of benzene rings is 2. The minimum Gasteiger partial charge on any atom is -0.352 e. The zero-order valence-electron chi connectivity index (χ0n) is 16.1. The summed E-state index contributed by atoms with van der Waals surface area (Å²) < 4.78 is 0. The largest absolute Gasteiger partial charge is 0.352 e. The van der Waals surface area contributed by atoms with Crippen LogP contribution in [0.5, 0.6) is 0 Å². The summed E-state index contributed by atoms with van der Waals surface area (Å²) >= 11 is 7.69. The SMILES string of the molecule is O=C(CN1C(=O)C(=Cc2ccccc2Cl)Sc2ccccc21)NC1CCCCC1. The molecule has 4 rings (SSSR count). The van der Waals surface area contributed by atoms with Crippen molar-refractivity contribution in [1.29, 1.82) is 0 Å². The Morgan fingerprint density at radius 3 is 2.62 bits per heavy atom. The van der Waals surface area contributed by atoms with Gasteiger partial charge in [0.2, 0.25) is 5.91 Å². The molecule has 29 heavy (non-hydrogen) atoms. The highest BCUT2D eigenvalue weighted by atomic mass is 35.5. The van der Waals surface area contributed by atoms with E-state index in [0.29, 0.717) is 9.93 Å². The molecule has 0 saturated heterocycles. The van der Waals surface area contributed by atoms with Gasteiger partial charge in [-0.05, 0) is 42.7 Å². The number of hydrogen-bond acceptors (Lipinski definition) is 3. The van der Waals surface area contributed by atoms with Crippen molar-refractivity contribution in [3.8, 4) is 0 Å². The molecule has 0 radical (unpaired) electrons. The average Bonchev–Trinajstić information content (AvgIpc) is 2.73. The number of hydrogen-bond donors (Lipinski definition) is 1. The molecule has 1 N–H and O–H groups in total. The molecule has 1 aliphatic carbocycles. The van der Waals surface area contributed by atoms with Crippen molar-refractivity contribution in [3.63, 3.8) is 0 Å². The molecule has 0 aromatic heterocycles. The van der Waals surface area contributed by atoms with Gasteiger partial charge in [-0.1, -0.05) is 73.0 Å². The Balaban J connectivity index is 1.59. The molecule has 0 unspecified atom stereocenters. The van der Waals surface area contributed by atoms with E-state index in [1.165, 1.54) is 18.2 Å². The molecule has 1 aliphatic heterocycles. The third-order valence-electron chi connectivity index (χ3n) is 5.30. The quantitative estimate of drug-likeness (QED) is 0.677. The van der Waals surface area contributed by atoms with Gasteiger partial charge < -0.3 is 5.32 Å². The molecule has 2 aliphatic rings. The topological polar surface area (TPSA) is 49.4 Å². The van der Waals surface area contributed by atoms with Gasteiger partial charge in [-0.15, -0.1) is 0 Å². The number of thioether (sulfide) groups is 1. The van der Waals surface area contributed by atoms with E-state index in [-0.39, 0.29) is 24.4 Å². The van der Waals surface area contributed by atoms with Gasteiger partial charge in [-0.25, -0.2) is 0 Å². The van der Waals surface area contributed by atoms with Gasteiger partial charge in [0.15, 0.2) is 0 Å². The highest BCUT2D eigenvalue weighted by Crippen LogP contribution is 2.42. The minimum atomic E-state index is -0.174. The summed E-state index contributed by atoms with van der Waals surface area (Å²) in [5, 5.41) is 3.70. The molecule has 2 aromatic carbocycles. The highest BCUT2D eigenvalue weighted by molar-refractivity contribution is 8.04.